The second-order valence-corrected chi connectivity index (χ2v) is 7.14. The van der Waals surface area contributed by atoms with Crippen LogP contribution in [0.2, 0.25) is 0 Å². The van der Waals surface area contributed by atoms with Crippen LogP contribution in [0.25, 0.3) is 0 Å². The van der Waals surface area contributed by atoms with E-state index in [9.17, 15) is 14.7 Å². The first-order valence-corrected chi connectivity index (χ1v) is 8.62. The molecular formula is C17H25N5O3. The van der Waals surface area contributed by atoms with Gasteiger partial charge in [-0.25, -0.2) is 9.78 Å². The number of likely N-dealkylation sites (tertiary alicyclic amines) is 1. The van der Waals surface area contributed by atoms with Crippen LogP contribution in [-0.2, 0) is 9.59 Å². The van der Waals surface area contributed by atoms with Gasteiger partial charge in [0.15, 0.2) is 0 Å². The Bertz CT molecular complexity index is 661. The molecule has 3 heterocycles. The molecule has 2 aliphatic rings. The average molecular weight is 347 g/mol. The Hall–Kier alpha value is -2.38. The van der Waals surface area contributed by atoms with Gasteiger partial charge in [0.25, 0.3) is 0 Å². The summed E-state index contributed by atoms with van der Waals surface area (Å²) < 4.78 is 0. The fourth-order valence-electron chi connectivity index (χ4n) is 3.97. The van der Waals surface area contributed by atoms with Gasteiger partial charge in [-0.05, 0) is 31.6 Å². The van der Waals surface area contributed by atoms with Crippen LogP contribution in [0.15, 0.2) is 6.07 Å². The molecule has 1 aromatic rings. The van der Waals surface area contributed by atoms with E-state index in [1.807, 2.05) is 20.0 Å². The molecule has 3 rings (SSSR count). The quantitative estimate of drug-likeness (QED) is 0.845. The Morgan fingerprint density at radius 1 is 1.32 bits per heavy atom. The summed E-state index contributed by atoms with van der Waals surface area (Å²) in [6, 6.07) is 1.20. The highest BCUT2D eigenvalue weighted by Gasteiger charge is 2.49. The fourth-order valence-corrected chi connectivity index (χ4v) is 3.97. The van der Waals surface area contributed by atoms with Crippen LogP contribution in [-0.4, -0.2) is 64.6 Å². The molecule has 0 radical (unpaired) electrons. The van der Waals surface area contributed by atoms with Gasteiger partial charge < -0.3 is 20.2 Å². The number of carbonyl (C=O) groups excluding carboxylic acids is 1. The van der Waals surface area contributed by atoms with E-state index in [-0.39, 0.29) is 11.3 Å². The smallest absolute Gasteiger partial charge is 0.326 e. The van der Waals surface area contributed by atoms with Gasteiger partial charge in [-0.1, -0.05) is 0 Å². The molecule has 0 aliphatic carbocycles. The number of hydrogen-bond donors (Lipinski definition) is 2. The van der Waals surface area contributed by atoms with Crippen LogP contribution in [0.3, 0.4) is 0 Å². The Morgan fingerprint density at radius 2 is 2.00 bits per heavy atom. The predicted molar refractivity (Wildman–Crippen MR) is 93.6 cm³/mol. The normalized spacial score (nSPS) is 22.3. The van der Waals surface area contributed by atoms with E-state index in [4.69, 9.17) is 0 Å². The fraction of sp³-hybridized carbons (Fsp3) is 0.647. The molecule has 1 aromatic heterocycles. The molecule has 0 unspecified atom stereocenters. The molecule has 8 heteroatoms. The molecule has 2 saturated heterocycles. The van der Waals surface area contributed by atoms with Crippen LogP contribution in [0.5, 0.6) is 0 Å². The van der Waals surface area contributed by atoms with Crippen molar-refractivity contribution in [1.82, 2.24) is 14.9 Å². The van der Waals surface area contributed by atoms with E-state index >= 15 is 0 Å². The maximum Gasteiger partial charge on any atom is 0.326 e. The highest BCUT2D eigenvalue weighted by Crippen LogP contribution is 2.44. The highest BCUT2D eigenvalue weighted by molar-refractivity contribution is 5.83. The van der Waals surface area contributed by atoms with E-state index in [0.29, 0.717) is 18.9 Å². The third-order valence-electron chi connectivity index (χ3n) is 5.40. The third kappa shape index (κ3) is 3.38. The Labute approximate surface area is 147 Å². The number of aliphatic carboxylic acids is 1. The minimum absolute atomic E-state index is 0.110. The molecule has 0 bridgehead atoms. The lowest BCUT2D eigenvalue weighted by Gasteiger charge is -2.39. The van der Waals surface area contributed by atoms with Crippen molar-refractivity contribution in [1.29, 1.82) is 0 Å². The van der Waals surface area contributed by atoms with Gasteiger partial charge in [-0.15, -0.1) is 0 Å². The van der Waals surface area contributed by atoms with Crippen LogP contribution >= 0.6 is 0 Å². The summed E-state index contributed by atoms with van der Waals surface area (Å²) in [6.07, 6.45) is 2.21. The number of hydrogen-bond acceptors (Lipinski definition) is 6. The summed E-state index contributed by atoms with van der Waals surface area (Å²) in [5, 5.41) is 12.5. The van der Waals surface area contributed by atoms with Gasteiger partial charge in [0.05, 0.1) is 0 Å². The Balaban J connectivity index is 1.72. The highest BCUT2D eigenvalue weighted by atomic mass is 16.4. The molecular weight excluding hydrogens is 322 g/mol. The minimum atomic E-state index is -0.907. The number of aromatic nitrogens is 2. The number of nitrogens with zero attached hydrogens (tertiary/aromatic N) is 4. The molecule has 2 N–H and O–H groups in total. The zero-order valence-corrected chi connectivity index (χ0v) is 14.9. The number of anilines is 2. The first-order chi connectivity index (χ1) is 11.8. The number of rotatable bonds is 3. The lowest BCUT2D eigenvalue weighted by atomic mass is 9.76. The van der Waals surface area contributed by atoms with Crippen LogP contribution < -0.4 is 10.2 Å². The van der Waals surface area contributed by atoms with E-state index in [1.54, 1.807) is 0 Å². The Kier molecular flexibility index (Phi) is 4.53. The molecule has 1 atom stereocenters. The lowest BCUT2D eigenvalue weighted by molar-refractivity contribution is -0.147. The summed E-state index contributed by atoms with van der Waals surface area (Å²) >= 11 is 0. The van der Waals surface area contributed by atoms with Gasteiger partial charge in [0.1, 0.15) is 11.9 Å². The standard InChI is InChI=1S/C17H25N5O3/c1-11-8-14(18-3)20-16(19-11)21-6-4-17(5-7-21)9-13(15(24)25)22(10-17)12(2)23/h8,13H,4-7,9-10H2,1-3H3,(H,24,25)(H,18,19,20)/t13-/m0/s1. The molecule has 25 heavy (non-hydrogen) atoms. The zero-order chi connectivity index (χ0) is 18.2. The largest absolute Gasteiger partial charge is 0.480 e. The number of aryl methyl sites for hydroxylation is 1. The van der Waals surface area contributed by atoms with Crippen molar-refractivity contribution in [2.45, 2.75) is 39.2 Å². The second kappa shape index (κ2) is 6.50. The third-order valence-corrected chi connectivity index (χ3v) is 5.40. The predicted octanol–water partition coefficient (Wildman–Crippen LogP) is 1.12. The lowest BCUT2D eigenvalue weighted by Crippen LogP contribution is -2.43. The van der Waals surface area contributed by atoms with Gasteiger partial charge >= 0.3 is 5.97 Å². The van der Waals surface area contributed by atoms with E-state index in [0.717, 1.165) is 37.4 Å². The summed E-state index contributed by atoms with van der Waals surface area (Å²) in [5.74, 6) is 0.426. The van der Waals surface area contributed by atoms with E-state index in [1.165, 1.54) is 11.8 Å². The van der Waals surface area contributed by atoms with Crippen LogP contribution in [0, 0.1) is 12.3 Å². The van der Waals surface area contributed by atoms with Crippen molar-refractivity contribution >= 4 is 23.6 Å². The monoisotopic (exact) mass is 347 g/mol. The molecule has 1 amide bonds. The number of nitrogens with one attached hydrogen (secondary N) is 1. The molecule has 1 spiro atoms. The molecule has 136 valence electrons. The summed E-state index contributed by atoms with van der Waals surface area (Å²) in [6.45, 7) is 5.46. The molecule has 8 nitrogen and oxygen atoms in total. The molecule has 2 aliphatic heterocycles. The minimum Gasteiger partial charge on any atom is -0.480 e. The molecule has 0 saturated carbocycles. The van der Waals surface area contributed by atoms with Gasteiger partial charge in [0, 0.05) is 45.4 Å². The number of amides is 1. The molecule has 0 aromatic carbocycles. The maximum atomic E-state index is 11.8. The summed E-state index contributed by atoms with van der Waals surface area (Å²) in [4.78, 5) is 36.0. The Morgan fingerprint density at radius 3 is 2.52 bits per heavy atom. The van der Waals surface area contributed by atoms with Gasteiger partial charge in [0.2, 0.25) is 11.9 Å². The van der Waals surface area contributed by atoms with Crippen molar-refractivity contribution in [3.63, 3.8) is 0 Å². The zero-order valence-electron chi connectivity index (χ0n) is 14.9. The van der Waals surface area contributed by atoms with E-state index in [2.05, 4.69) is 20.2 Å². The van der Waals surface area contributed by atoms with E-state index < -0.39 is 12.0 Å². The van der Waals surface area contributed by atoms with Gasteiger partial charge in [-0.3, -0.25) is 4.79 Å². The topological polar surface area (TPSA) is 98.7 Å². The number of carboxylic acids is 1. The number of carboxylic acid groups (broad SMARTS) is 1. The van der Waals surface area contributed by atoms with Crippen molar-refractivity contribution in [3.05, 3.63) is 11.8 Å². The maximum absolute atomic E-state index is 11.8. The van der Waals surface area contributed by atoms with Crippen molar-refractivity contribution in [3.8, 4) is 0 Å². The van der Waals surface area contributed by atoms with Crippen LogP contribution in [0.4, 0.5) is 11.8 Å². The summed E-state index contributed by atoms with van der Waals surface area (Å²) in [7, 11) is 1.83. The first-order valence-electron chi connectivity index (χ1n) is 8.62. The second-order valence-electron chi connectivity index (χ2n) is 7.14. The number of piperidine rings is 1. The van der Waals surface area contributed by atoms with Crippen molar-refractivity contribution in [2.75, 3.05) is 36.9 Å². The van der Waals surface area contributed by atoms with Crippen LogP contribution in [0.1, 0.15) is 31.9 Å². The first kappa shape index (κ1) is 17.4. The summed E-state index contributed by atoms with van der Waals surface area (Å²) in [5.41, 5.74) is 0.796. The number of carbonyl (C=O) groups is 2. The van der Waals surface area contributed by atoms with Gasteiger partial charge in [-0.2, -0.15) is 4.98 Å². The average Bonchev–Trinajstić information content (AvgIpc) is 2.95. The SMILES string of the molecule is CNc1cc(C)nc(N2CCC3(CC2)C[C@@H](C(=O)O)N(C(C)=O)C3)n1. The van der Waals surface area contributed by atoms with Crippen molar-refractivity contribution < 1.29 is 14.7 Å². The molecule has 2 fully saturated rings. The van der Waals surface area contributed by atoms with Crippen molar-refractivity contribution in [2.24, 2.45) is 5.41 Å².